The summed E-state index contributed by atoms with van der Waals surface area (Å²) in [6.45, 7) is 4.07. The molecule has 0 bridgehead atoms. The third-order valence-electron chi connectivity index (χ3n) is 3.02. The lowest BCUT2D eigenvalue weighted by atomic mass is 9.79. The van der Waals surface area contributed by atoms with Crippen molar-refractivity contribution in [2.75, 3.05) is 0 Å². The van der Waals surface area contributed by atoms with E-state index in [1.54, 1.807) is 17.8 Å². The minimum atomic E-state index is -1.64. The Hall–Kier alpha value is -1.30. The highest BCUT2D eigenvalue weighted by Gasteiger charge is 2.13. The molecule has 2 aromatic carbocycles. The van der Waals surface area contributed by atoms with E-state index in [4.69, 9.17) is 10.0 Å². The maximum absolute atomic E-state index is 13.4. The molecule has 5 heteroatoms. The minimum absolute atomic E-state index is 0.182. The minimum Gasteiger partial charge on any atom is -0.423 e. The van der Waals surface area contributed by atoms with E-state index in [1.165, 1.54) is 17.2 Å². The number of hydrogen-bond donors (Lipinski definition) is 2. The van der Waals surface area contributed by atoms with Crippen LogP contribution in [0, 0.1) is 19.7 Å². The fourth-order valence-corrected chi connectivity index (χ4v) is 2.99. The topological polar surface area (TPSA) is 40.5 Å². The first-order valence-electron chi connectivity index (χ1n) is 6.31. The molecule has 0 fully saturated rings. The number of hydrogen-bond acceptors (Lipinski definition) is 3. The first-order valence-corrected chi connectivity index (χ1v) is 7.30. The van der Waals surface area contributed by atoms with Crippen LogP contribution in [0.2, 0.25) is 0 Å². The highest BCUT2D eigenvalue weighted by Crippen LogP contribution is 2.26. The molecule has 2 N–H and O–H groups in total. The quantitative estimate of drug-likeness (QED) is 0.671. The lowest BCUT2D eigenvalue weighted by molar-refractivity contribution is 0.425. The van der Waals surface area contributed by atoms with Crippen LogP contribution < -0.4 is 5.46 Å². The van der Waals surface area contributed by atoms with Crippen LogP contribution in [0.1, 0.15) is 16.7 Å². The zero-order chi connectivity index (χ0) is 14.7. The van der Waals surface area contributed by atoms with Crippen molar-refractivity contribution in [2.24, 2.45) is 0 Å². The highest BCUT2D eigenvalue weighted by atomic mass is 32.2. The van der Waals surface area contributed by atoms with Crippen LogP contribution in [-0.2, 0) is 5.75 Å². The molecule has 0 aliphatic heterocycles. The molecule has 2 nitrogen and oxygen atoms in total. The maximum Gasteiger partial charge on any atom is 0.488 e. The van der Waals surface area contributed by atoms with Crippen LogP contribution in [0.15, 0.2) is 41.3 Å². The molecular weight excluding hydrogens is 274 g/mol. The third-order valence-corrected chi connectivity index (χ3v) is 4.24. The van der Waals surface area contributed by atoms with Crippen LogP contribution in [-0.4, -0.2) is 17.2 Å². The summed E-state index contributed by atoms with van der Waals surface area (Å²) in [5.74, 6) is 0.133. The van der Waals surface area contributed by atoms with Gasteiger partial charge in [0.15, 0.2) is 0 Å². The van der Waals surface area contributed by atoms with Gasteiger partial charge in [-0.15, -0.1) is 11.8 Å². The van der Waals surface area contributed by atoms with Crippen molar-refractivity contribution >= 4 is 24.3 Å². The second-order valence-electron chi connectivity index (χ2n) is 4.82. The van der Waals surface area contributed by atoms with Gasteiger partial charge in [0.05, 0.1) is 0 Å². The molecule has 0 aliphatic carbocycles. The van der Waals surface area contributed by atoms with Crippen LogP contribution in [0.5, 0.6) is 0 Å². The molecule has 0 spiro atoms. The van der Waals surface area contributed by atoms with Crippen molar-refractivity contribution in [3.63, 3.8) is 0 Å². The smallest absolute Gasteiger partial charge is 0.423 e. The predicted molar refractivity (Wildman–Crippen MR) is 81.7 cm³/mol. The van der Waals surface area contributed by atoms with Crippen molar-refractivity contribution in [3.05, 3.63) is 58.9 Å². The Morgan fingerprint density at radius 3 is 2.55 bits per heavy atom. The van der Waals surface area contributed by atoms with Crippen LogP contribution in [0.4, 0.5) is 4.39 Å². The first-order chi connectivity index (χ1) is 9.45. The Bertz CT molecular complexity index is 617. The Morgan fingerprint density at radius 2 is 1.85 bits per heavy atom. The Morgan fingerprint density at radius 1 is 1.10 bits per heavy atom. The molecule has 0 unspecified atom stereocenters. The van der Waals surface area contributed by atoms with Gasteiger partial charge in [0, 0.05) is 10.6 Å². The summed E-state index contributed by atoms with van der Waals surface area (Å²) in [6, 6.07) is 10.4. The van der Waals surface area contributed by atoms with Crippen molar-refractivity contribution in [1.82, 2.24) is 0 Å². The molecule has 2 rings (SSSR count). The summed E-state index contributed by atoms with van der Waals surface area (Å²) in [5.41, 5.74) is 3.28. The molecule has 0 aliphatic rings. The van der Waals surface area contributed by atoms with E-state index in [1.807, 2.05) is 13.8 Å². The predicted octanol–water partition coefficient (Wildman–Crippen LogP) is 2.41. The maximum atomic E-state index is 13.4. The van der Waals surface area contributed by atoms with E-state index in [9.17, 15) is 4.39 Å². The first kappa shape index (κ1) is 15.1. The largest absolute Gasteiger partial charge is 0.488 e. The lowest BCUT2D eigenvalue weighted by Gasteiger charge is -2.08. The molecule has 0 atom stereocenters. The molecule has 20 heavy (non-hydrogen) atoms. The number of aryl methyl sites for hydroxylation is 2. The van der Waals surface area contributed by atoms with Gasteiger partial charge in [-0.3, -0.25) is 0 Å². The summed E-state index contributed by atoms with van der Waals surface area (Å²) >= 11 is 1.61. The normalized spacial score (nSPS) is 10.7. The Kier molecular flexibility index (Phi) is 4.86. The van der Waals surface area contributed by atoms with Gasteiger partial charge in [0.1, 0.15) is 5.82 Å². The van der Waals surface area contributed by atoms with Gasteiger partial charge in [0.25, 0.3) is 0 Å². The summed E-state index contributed by atoms with van der Waals surface area (Å²) in [5, 5.41) is 18.2. The summed E-state index contributed by atoms with van der Waals surface area (Å²) in [6.07, 6.45) is 0. The highest BCUT2D eigenvalue weighted by molar-refractivity contribution is 7.98. The summed E-state index contributed by atoms with van der Waals surface area (Å²) < 4.78 is 13.4. The standard InChI is InChI=1S/C15H16BFO2S/c1-10-3-4-11(2)15(5-10)20-9-12-6-13(16(18)19)8-14(17)7-12/h3-8,18-19H,9H2,1-2H3. The molecule has 0 aromatic heterocycles. The van der Waals surface area contributed by atoms with Gasteiger partial charge in [-0.2, -0.15) is 0 Å². The van der Waals surface area contributed by atoms with Gasteiger partial charge in [-0.25, -0.2) is 4.39 Å². The van der Waals surface area contributed by atoms with Crippen molar-refractivity contribution in [2.45, 2.75) is 24.5 Å². The lowest BCUT2D eigenvalue weighted by Crippen LogP contribution is -2.30. The second-order valence-corrected chi connectivity index (χ2v) is 5.84. The summed E-state index contributed by atoms with van der Waals surface area (Å²) in [4.78, 5) is 1.15. The van der Waals surface area contributed by atoms with Crippen molar-refractivity contribution < 1.29 is 14.4 Å². The van der Waals surface area contributed by atoms with Gasteiger partial charge in [-0.1, -0.05) is 23.8 Å². The summed E-state index contributed by atoms with van der Waals surface area (Å²) in [7, 11) is -1.64. The van der Waals surface area contributed by atoms with Gasteiger partial charge in [-0.05, 0) is 48.6 Å². The van der Waals surface area contributed by atoms with E-state index in [0.717, 1.165) is 16.5 Å². The van der Waals surface area contributed by atoms with Crippen LogP contribution in [0.25, 0.3) is 0 Å². The zero-order valence-corrected chi connectivity index (χ0v) is 12.2. The van der Waals surface area contributed by atoms with Gasteiger partial charge >= 0.3 is 7.12 Å². The molecule has 0 saturated carbocycles. The van der Waals surface area contributed by atoms with Crippen molar-refractivity contribution in [1.29, 1.82) is 0 Å². The van der Waals surface area contributed by atoms with Gasteiger partial charge < -0.3 is 10.0 Å². The van der Waals surface area contributed by atoms with E-state index < -0.39 is 12.9 Å². The number of benzene rings is 2. The number of thioether (sulfide) groups is 1. The molecule has 0 amide bonds. The fraction of sp³-hybridized carbons (Fsp3) is 0.200. The fourth-order valence-electron chi connectivity index (χ4n) is 1.93. The van der Waals surface area contributed by atoms with E-state index >= 15 is 0 Å². The van der Waals surface area contributed by atoms with Crippen molar-refractivity contribution in [3.8, 4) is 0 Å². The Balaban J connectivity index is 2.16. The molecular formula is C15H16BFO2S. The number of halogens is 1. The molecule has 0 saturated heterocycles. The van der Waals surface area contributed by atoms with Crippen LogP contribution >= 0.6 is 11.8 Å². The van der Waals surface area contributed by atoms with E-state index in [-0.39, 0.29) is 5.46 Å². The van der Waals surface area contributed by atoms with Gasteiger partial charge in [0.2, 0.25) is 0 Å². The number of rotatable bonds is 4. The second kappa shape index (κ2) is 6.44. The molecule has 104 valence electrons. The average Bonchev–Trinajstić information content (AvgIpc) is 2.39. The van der Waals surface area contributed by atoms with E-state index in [0.29, 0.717) is 5.75 Å². The molecule has 2 aromatic rings. The monoisotopic (exact) mass is 290 g/mol. The van der Waals surface area contributed by atoms with Crippen LogP contribution in [0.3, 0.4) is 0 Å². The van der Waals surface area contributed by atoms with E-state index in [2.05, 4.69) is 18.2 Å². The zero-order valence-electron chi connectivity index (χ0n) is 11.4. The Labute approximate surface area is 122 Å². The average molecular weight is 290 g/mol. The molecule has 0 radical (unpaired) electrons. The molecule has 0 heterocycles. The third kappa shape index (κ3) is 3.85. The SMILES string of the molecule is Cc1ccc(C)c(SCc2cc(F)cc(B(O)O)c2)c1.